The van der Waals surface area contributed by atoms with Crippen molar-refractivity contribution in [2.24, 2.45) is 34.5 Å². The maximum Gasteiger partial charge on any atom is 0.302 e. The molecule has 3 fully saturated rings. The summed E-state index contributed by atoms with van der Waals surface area (Å²) in [6, 6.07) is 0. The Morgan fingerprint density at radius 3 is 2.62 bits per heavy atom. The zero-order valence-electron chi connectivity index (χ0n) is 15.2. The first kappa shape index (κ1) is 16.4. The minimum atomic E-state index is -0.131. The van der Waals surface area contributed by atoms with E-state index in [1.807, 2.05) is 6.08 Å². The quantitative estimate of drug-likeness (QED) is 0.673. The van der Waals surface area contributed by atoms with Gasteiger partial charge in [-0.1, -0.05) is 19.9 Å². The van der Waals surface area contributed by atoms with Crippen molar-refractivity contribution in [3.63, 3.8) is 0 Å². The minimum Gasteiger partial charge on any atom is -0.462 e. The Labute approximate surface area is 145 Å². The number of hydrogen-bond acceptors (Lipinski definition) is 3. The molecule has 7 unspecified atom stereocenters. The van der Waals surface area contributed by atoms with E-state index in [0.717, 1.165) is 25.2 Å². The molecule has 3 heteroatoms. The largest absolute Gasteiger partial charge is 0.462 e. The average Bonchev–Trinajstić information content (AvgIpc) is 2.82. The lowest BCUT2D eigenvalue weighted by Crippen LogP contribution is -2.52. The van der Waals surface area contributed by atoms with Gasteiger partial charge in [0.2, 0.25) is 0 Å². The lowest BCUT2D eigenvalue weighted by molar-refractivity contribution is -0.157. The van der Waals surface area contributed by atoms with Gasteiger partial charge in [-0.25, -0.2) is 0 Å². The van der Waals surface area contributed by atoms with Crippen LogP contribution in [0.25, 0.3) is 0 Å². The van der Waals surface area contributed by atoms with Gasteiger partial charge in [-0.05, 0) is 73.7 Å². The van der Waals surface area contributed by atoms with E-state index in [1.54, 1.807) is 0 Å². The zero-order valence-corrected chi connectivity index (χ0v) is 15.2. The Balaban J connectivity index is 1.60. The molecule has 0 heterocycles. The smallest absolute Gasteiger partial charge is 0.302 e. The highest BCUT2D eigenvalue weighted by Crippen LogP contribution is 2.64. The second-order valence-electron chi connectivity index (χ2n) is 9.37. The van der Waals surface area contributed by atoms with Crippen LogP contribution in [0.3, 0.4) is 0 Å². The molecule has 0 aromatic rings. The zero-order chi connectivity index (χ0) is 17.1. The lowest BCUT2D eigenvalue weighted by atomic mass is 9.48. The molecule has 4 rings (SSSR count). The van der Waals surface area contributed by atoms with E-state index >= 15 is 0 Å². The number of esters is 1. The van der Waals surface area contributed by atoms with Gasteiger partial charge >= 0.3 is 5.97 Å². The highest BCUT2D eigenvalue weighted by molar-refractivity contribution is 5.91. The second kappa shape index (κ2) is 5.44. The molecule has 0 amide bonds. The summed E-state index contributed by atoms with van der Waals surface area (Å²) in [7, 11) is 0. The molecule has 7 atom stereocenters. The summed E-state index contributed by atoms with van der Waals surface area (Å²) in [5, 5.41) is 0. The van der Waals surface area contributed by atoms with Crippen LogP contribution < -0.4 is 0 Å². The number of allylic oxidation sites excluding steroid dienone is 2. The van der Waals surface area contributed by atoms with Crippen LogP contribution in [0.1, 0.15) is 65.7 Å². The number of ether oxygens (including phenoxy) is 1. The van der Waals surface area contributed by atoms with Crippen molar-refractivity contribution in [2.75, 3.05) is 0 Å². The molecular weight excluding hydrogens is 300 g/mol. The molecular formula is C21H30O3. The molecule has 0 radical (unpaired) electrons. The molecule has 4 aliphatic carbocycles. The van der Waals surface area contributed by atoms with Crippen LogP contribution in [0.5, 0.6) is 0 Å². The molecule has 132 valence electrons. The number of carbonyl (C=O) groups is 2. The van der Waals surface area contributed by atoms with Gasteiger partial charge in [0, 0.05) is 18.8 Å². The third-order valence-corrected chi connectivity index (χ3v) is 8.10. The first-order chi connectivity index (χ1) is 11.3. The molecule has 0 N–H and O–H groups in total. The average molecular weight is 330 g/mol. The van der Waals surface area contributed by atoms with E-state index in [0.29, 0.717) is 23.5 Å². The van der Waals surface area contributed by atoms with Crippen molar-refractivity contribution in [3.05, 3.63) is 12.2 Å². The van der Waals surface area contributed by atoms with Crippen LogP contribution in [-0.2, 0) is 14.3 Å². The van der Waals surface area contributed by atoms with E-state index in [2.05, 4.69) is 19.9 Å². The summed E-state index contributed by atoms with van der Waals surface area (Å²) in [4.78, 5) is 23.4. The van der Waals surface area contributed by atoms with Gasteiger partial charge in [-0.15, -0.1) is 0 Å². The summed E-state index contributed by atoms with van der Waals surface area (Å²) in [6.07, 6.45) is 11.9. The van der Waals surface area contributed by atoms with Crippen molar-refractivity contribution < 1.29 is 14.3 Å². The standard InChI is InChI=1S/C21H30O3/c1-13(22)24-19-7-6-18-16-8-10-20(2)12-14(23)4-5-17(20)15(16)9-11-21(18,19)3/h4-5,15-19H,6-12H2,1-3H3. The summed E-state index contributed by atoms with van der Waals surface area (Å²) < 4.78 is 5.71. The fourth-order valence-electron chi connectivity index (χ4n) is 6.95. The lowest BCUT2D eigenvalue weighted by Gasteiger charge is -2.57. The third kappa shape index (κ3) is 2.30. The maximum atomic E-state index is 11.9. The molecule has 0 bridgehead atoms. The van der Waals surface area contributed by atoms with E-state index in [-0.39, 0.29) is 22.9 Å². The Kier molecular flexibility index (Phi) is 3.71. The van der Waals surface area contributed by atoms with E-state index in [4.69, 9.17) is 4.74 Å². The molecule has 4 aliphatic rings. The van der Waals surface area contributed by atoms with Crippen molar-refractivity contribution in [3.8, 4) is 0 Å². The molecule has 24 heavy (non-hydrogen) atoms. The summed E-state index contributed by atoms with van der Waals surface area (Å²) in [6.45, 7) is 6.24. The number of ketones is 1. The van der Waals surface area contributed by atoms with Gasteiger partial charge in [0.25, 0.3) is 0 Å². The highest BCUT2D eigenvalue weighted by atomic mass is 16.5. The first-order valence-electron chi connectivity index (χ1n) is 9.72. The fourth-order valence-corrected chi connectivity index (χ4v) is 6.95. The van der Waals surface area contributed by atoms with Gasteiger partial charge in [0.1, 0.15) is 6.10 Å². The summed E-state index contributed by atoms with van der Waals surface area (Å²) in [5.74, 6) is 2.86. The molecule has 3 nitrogen and oxygen atoms in total. The Morgan fingerprint density at radius 2 is 1.88 bits per heavy atom. The van der Waals surface area contributed by atoms with Crippen molar-refractivity contribution >= 4 is 11.8 Å². The van der Waals surface area contributed by atoms with Gasteiger partial charge in [0.05, 0.1) is 0 Å². The molecule has 0 saturated heterocycles. The van der Waals surface area contributed by atoms with Crippen LogP contribution in [0.15, 0.2) is 12.2 Å². The Morgan fingerprint density at radius 1 is 1.12 bits per heavy atom. The topological polar surface area (TPSA) is 43.4 Å². The normalized spacial score (nSPS) is 50.0. The fraction of sp³-hybridized carbons (Fsp3) is 0.810. The van der Waals surface area contributed by atoms with Crippen molar-refractivity contribution in [1.29, 1.82) is 0 Å². The predicted molar refractivity (Wildman–Crippen MR) is 92.2 cm³/mol. The highest BCUT2D eigenvalue weighted by Gasteiger charge is 2.59. The molecule has 0 spiro atoms. The van der Waals surface area contributed by atoms with Gasteiger partial charge < -0.3 is 4.74 Å². The number of rotatable bonds is 1. The first-order valence-corrected chi connectivity index (χ1v) is 9.72. The Bertz CT molecular complexity index is 594. The van der Waals surface area contributed by atoms with E-state index < -0.39 is 0 Å². The second-order valence-corrected chi connectivity index (χ2v) is 9.37. The van der Waals surface area contributed by atoms with E-state index in [9.17, 15) is 9.59 Å². The van der Waals surface area contributed by atoms with Crippen molar-refractivity contribution in [2.45, 2.75) is 71.8 Å². The van der Waals surface area contributed by atoms with Gasteiger partial charge in [-0.3, -0.25) is 9.59 Å². The Hall–Kier alpha value is -1.12. The minimum absolute atomic E-state index is 0.109. The van der Waals surface area contributed by atoms with Gasteiger partial charge in [-0.2, -0.15) is 0 Å². The number of hydrogen-bond donors (Lipinski definition) is 0. The van der Waals surface area contributed by atoms with Crippen LogP contribution in [0.2, 0.25) is 0 Å². The van der Waals surface area contributed by atoms with E-state index in [1.165, 1.54) is 32.6 Å². The van der Waals surface area contributed by atoms with Crippen LogP contribution in [0, 0.1) is 34.5 Å². The van der Waals surface area contributed by atoms with Crippen LogP contribution in [0.4, 0.5) is 0 Å². The summed E-state index contributed by atoms with van der Waals surface area (Å²) in [5.41, 5.74) is 0.337. The molecule has 0 aliphatic heterocycles. The van der Waals surface area contributed by atoms with Gasteiger partial charge in [0.15, 0.2) is 5.78 Å². The van der Waals surface area contributed by atoms with Crippen LogP contribution >= 0.6 is 0 Å². The molecule has 3 saturated carbocycles. The monoisotopic (exact) mass is 330 g/mol. The number of fused-ring (bicyclic) bond motifs is 5. The van der Waals surface area contributed by atoms with Crippen molar-refractivity contribution in [1.82, 2.24) is 0 Å². The maximum absolute atomic E-state index is 11.9. The molecule has 0 aromatic carbocycles. The van der Waals surface area contributed by atoms with Crippen LogP contribution in [-0.4, -0.2) is 17.9 Å². The predicted octanol–water partition coefficient (Wildman–Crippen LogP) is 4.31. The molecule has 0 aromatic heterocycles. The SMILES string of the molecule is CC(=O)OC1CCC2C3CCC4(C)CC(=O)C=CC4C3CCC12C. The third-order valence-electron chi connectivity index (χ3n) is 8.10. The number of carbonyl (C=O) groups excluding carboxylic acids is 2. The summed E-state index contributed by atoms with van der Waals surface area (Å²) >= 11 is 0.